The third kappa shape index (κ3) is 4.12. The molecule has 4 rings (SSSR count). The van der Waals surface area contributed by atoms with E-state index in [0.717, 1.165) is 38.9 Å². The van der Waals surface area contributed by atoms with Crippen molar-refractivity contribution in [1.29, 1.82) is 0 Å². The Bertz CT molecular complexity index is 812. The SMILES string of the molecule is CC[C@@H](C)CN1C[C@H]2C(=O)NC3(CCN(C(=O)c4cc(OC)cc(OC)c4)CC3)[C@H]2C1. The van der Waals surface area contributed by atoms with Crippen molar-refractivity contribution in [2.75, 3.05) is 46.9 Å². The largest absolute Gasteiger partial charge is 0.497 e. The van der Waals surface area contributed by atoms with Crippen molar-refractivity contribution >= 4 is 11.8 Å². The number of nitrogens with one attached hydrogen (secondary N) is 1. The van der Waals surface area contributed by atoms with Crippen LogP contribution in [0.25, 0.3) is 0 Å². The van der Waals surface area contributed by atoms with E-state index in [2.05, 4.69) is 24.1 Å². The van der Waals surface area contributed by atoms with E-state index in [-0.39, 0.29) is 23.3 Å². The van der Waals surface area contributed by atoms with Crippen molar-refractivity contribution in [3.05, 3.63) is 23.8 Å². The number of hydrogen-bond donors (Lipinski definition) is 1. The van der Waals surface area contributed by atoms with Gasteiger partial charge in [-0.2, -0.15) is 0 Å². The highest BCUT2D eigenvalue weighted by atomic mass is 16.5. The molecule has 3 fully saturated rings. The fourth-order valence-corrected chi connectivity index (χ4v) is 5.58. The molecule has 7 nitrogen and oxygen atoms in total. The van der Waals surface area contributed by atoms with Gasteiger partial charge in [0, 0.05) is 55.8 Å². The van der Waals surface area contributed by atoms with E-state index >= 15 is 0 Å². The fourth-order valence-electron chi connectivity index (χ4n) is 5.58. The maximum atomic E-state index is 13.2. The molecular formula is C24H35N3O4. The molecule has 3 aliphatic rings. The molecule has 3 saturated heterocycles. The number of rotatable bonds is 6. The second-order valence-corrected chi connectivity index (χ2v) is 9.48. The third-order valence-corrected chi connectivity index (χ3v) is 7.62. The molecule has 0 bridgehead atoms. The van der Waals surface area contributed by atoms with Crippen molar-refractivity contribution in [2.45, 2.75) is 38.6 Å². The summed E-state index contributed by atoms with van der Waals surface area (Å²) in [5, 5.41) is 3.35. The van der Waals surface area contributed by atoms with E-state index in [1.807, 2.05) is 4.90 Å². The lowest BCUT2D eigenvalue weighted by Gasteiger charge is -2.43. The number of carbonyl (C=O) groups excluding carboxylic acids is 2. The van der Waals surface area contributed by atoms with Crippen LogP contribution in [0.1, 0.15) is 43.5 Å². The van der Waals surface area contributed by atoms with E-state index in [1.54, 1.807) is 32.4 Å². The number of carbonyl (C=O) groups is 2. The molecule has 1 aromatic carbocycles. The first kappa shape index (κ1) is 21.9. The second kappa shape index (κ2) is 8.69. The Hall–Kier alpha value is -2.28. The summed E-state index contributed by atoms with van der Waals surface area (Å²) in [5.74, 6) is 2.49. The van der Waals surface area contributed by atoms with E-state index in [0.29, 0.717) is 42.0 Å². The number of ether oxygens (including phenoxy) is 2. The average Bonchev–Trinajstić information content (AvgIpc) is 3.32. The summed E-state index contributed by atoms with van der Waals surface area (Å²) in [7, 11) is 3.16. The Morgan fingerprint density at radius 2 is 1.81 bits per heavy atom. The summed E-state index contributed by atoms with van der Waals surface area (Å²) in [4.78, 5) is 30.3. The molecule has 170 valence electrons. The first-order valence-corrected chi connectivity index (χ1v) is 11.5. The summed E-state index contributed by atoms with van der Waals surface area (Å²) >= 11 is 0. The molecule has 0 radical (unpaired) electrons. The number of likely N-dealkylation sites (tertiary alicyclic amines) is 2. The quantitative estimate of drug-likeness (QED) is 0.752. The van der Waals surface area contributed by atoms with E-state index in [4.69, 9.17) is 9.47 Å². The number of piperidine rings is 1. The zero-order valence-corrected chi connectivity index (χ0v) is 19.1. The van der Waals surface area contributed by atoms with Crippen LogP contribution in [-0.4, -0.2) is 74.1 Å². The summed E-state index contributed by atoms with van der Waals surface area (Å²) in [6.07, 6.45) is 2.78. The molecule has 0 saturated carbocycles. The minimum absolute atomic E-state index is 0.0160. The Kier molecular flexibility index (Phi) is 6.15. The number of nitrogens with zero attached hydrogens (tertiary/aromatic N) is 2. The van der Waals surface area contributed by atoms with Crippen LogP contribution in [0.5, 0.6) is 11.5 Å². The van der Waals surface area contributed by atoms with Gasteiger partial charge >= 0.3 is 0 Å². The van der Waals surface area contributed by atoms with Gasteiger partial charge in [-0.3, -0.25) is 9.59 Å². The third-order valence-electron chi connectivity index (χ3n) is 7.62. The van der Waals surface area contributed by atoms with Crippen LogP contribution in [0.4, 0.5) is 0 Å². The molecular weight excluding hydrogens is 394 g/mol. The Morgan fingerprint density at radius 1 is 1.16 bits per heavy atom. The summed E-state index contributed by atoms with van der Waals surface area (Å²) < 4.78 is 10.6. The molecule has 1 N–H and O–H groups in total. The van der Waals surface area contributed by atoms with Crippen LogP contribution in [0.2, 0.25) is 0 Å². The minimum Gasteiger partial charge on any atom is -0.497 e. The number of methoxy groups -OCH3 is 2. The second-order valence-electron chi connectivity index (χ2n) is 9.48. The molecule has 1 aromatic rings. The Balaban J connectivity index is 1.43. The molecule has 2 amide bonds. The van der Waals surface area contributed by atoms with Gasteiger partial charge in [-0.25, -0.2) is 0 Å². The fraction of sp³-hybridized carbons (Fsp3) is 0.667. The maximum absolute atomic E-state index is 13.2. The molecule has 3 heterocycles. The van der Waals surface area contributed by atoms with Crippen LogP contribution in [0, 0.1) is 17.8 Å². The van der Waals surface area contributed by atoms with E-state index < -0.39 is 0 Å². The summed E-state index contributed by atoms with van der Waals surface area (Å²) in [6, 6.07) is 5.28. The molecule has 7 heteroatoms. The van der Waals surface area contributed by atoms with Crippen LogP contribution in [0.3, 0.4) is 0 Å². The van der Waals surface area contributed by atoms with Gasteiger partial charge in [0.1, 0.15) is 11.5 Å². The van der Waals surface area contributed by atoms with Crippen LogP contribution < -0.4 is 14.8 Å². The predicted octanol–water partition coefficient (Wildman–Crippen LogP) is 2.40. The van der Waals surface area contributed by atoms with E-state index in [9.17, 15) is 9.59 Å². The van der Waals surface area contributed by atoms with Gasteiger partial charge in [0.15, 0.2) is 0 Å². The van der Waals surface area contributed by atoms with Crippen molar-refractivity contribution in [3.8, 4) is 11.5 Å². The van der Waals surface area contributed by atoms with Crippen LogP contribution in [-0.2, 0) is 4.79 Å². The lowest BCUT2D eigenvalue weighted by molar-refractivity contribution is -0.123. The first-order chi connectivity index (χ1) is 14.9. The van der Waals surface area contributed by atoms with Gasteiger partial charge in [-0.15, -0.1) is 0 Å². The highest BCUT2D eigenvalue weighted by Crippen LogP contribution is 2.44. The molecule has 1 spiro atoms. The number of fused-ring (bicyclic) bond motifs is 2. The van der Waals surface area contributed by atoms with Crippen LogP contribution >= 0.6 is 0 Å². The molecule has 3 aliphatic heterocycles. The monoisotopic (exact) mass is 429 g/mol. The zero-order chi connectivity index (χ0) is 22.2. The topological polar surface area (TPSA) is 71.1 Å². The highest BCUT2D eigenvalue weighted by Gasteiger charge is 2.57. The smallest absolute Gasteiger partial charge is 0.254 e. The van der Waals surface area contributed by atoms with Crippen molar-refractivity contribution < 1.29 is 19.1 Å². The Labute approximate surface area is 185 Å². The molecule has 0 unspecified atom stereocenters. The van der Waals surface area contributed by atoms with E-state index in [1.165, 1.54) is 0 Å². The molecule has 0 aliphatic carbocycles. The van der Waals surface area contributed by atoms with Crippen molar-refractivity contribution in [3.63, 3.8) is 0 Å². The number of benzene rings is 1. The zero-order valence-electron chi connectivity index (χ0n) is 19.1. The minimum atomic E-state index is -0.172. The number of hydrogen-bond acceptors (Lipinski definition) is 5. The normalized spacial score (nSPS) is 25.9. The van der Waals surface area contributed by atoms with Gasteiger partial charge in [-0.05, 0) is 30.9 Å². The first-order valence-electron chi connectivity index (χ1n) is 11.5. The Morgan fingerprint density at radius 3 is 2.39 bits per heavy atom. The standard InChI is InChI=1S/C24H35N3O4/c1-5-16(2)13-26-14-20-21(15-26)24(25-22(20)28)6-8-27(9-7-24)23(29)17-10-18(30-3)12-19(11-17)31-4/h10-12,16,20-21H,5-9,13-15H2,1-4H3,(H,25,28)/t16-,20-,21+/m1/s1. The highest BCUT2D eigenvalue weighted by molar-refractivity contribution is 5.95. The van der Waals surface area contributed by atoms with Gasteiger partial charge < -0.3 is 24.6 Å². The van der Waals surface area contributed by atoms with Gasteiger partial charge in [0.2, 0.25) is 5.91 Å². The molecule has 0 aromatic heterocycles. The van der Waals surface area contributed by atoms with Gasteiger partial charge in [0.05, 0.1) is 20.1 Å². The molecule has 31 heavy (non-hydrogen) atoms. The summed E-state index contributed by atoms with van der Waals surface area (Å²) in [5.41, 5.74) is 0.399. The average molecular weight is 430 g/mol. The van der Waals surface area contributed by atoms with Gasteiger partial charge in [0.25, 0.3) is 5.91 Å². The van der Waals surface area contributed by atoms with Crippen molar-refractivity contribution in [1.82, 2.24) is 15.1 Å². The van der Waals surface area contributed by atoms with Crippen LogP contribution in [0.15, 0.2) is 18.2 Å². The lowest BCUT2D eigenvalue weighted by atomic mass is 9.75. The molecule has 3 atom stereocenters. The number of amides is 2. The van der Waals surface area contributed by atoms with Crippen molar-refractivity contribution in [2.24, 2.45) is 17.8 Å². The lowest BCUT2D eigenvalue weighted by Crippen LogP contribution is -2.56. The predicted molar refractivity (Wildman–Crippen MR) is 118 cm³/mol. The summed E-state index contributed by atoms with van der Waals surface area (Å²) in [6.45, 7) is 8.71. The van der Waals surface area contributed by atoms with Gasteiger partial charge in [-0.1, -0.05) is 20.3 Å². The maximum Gasteiger partial charge on any atom is 0.254 e.